The maximum Gasteiger partial charge on any atom is 0.256 e. The molecule has 1 aliphatic heterocycles. The molecule has 0 atom stereocenters. The predicted octanol–water partition coefficient (Wildman–Crippen LogP) is 1.06. The van der Waals surface area contributed by atoms with E-state index in [1.807, 2.05) is 18.0 Å². The van der Waals surface area contributed by atoms with E-state index in [9.17, 15) is 9.18 Å². The Balaban J connectivity index is 1.72. The number of rotatable bonds is 0. The Labute approximate surface area is 148 Å². The van der Waals surface area contributed by atoms with E-state index in [0.717, 1.165) is 6.20 Å². The van der Waals surface area contributed by atoms with Crippen LogP contribution in [0.4, 0.5) is 10.2 Å². The molecule has 4 heterocycles. The molecule has 0 fully saturated rings. The summed E-state index contributed by atoms with van der Waals surface area (Å²) in [6.07, 6.45) is 4.92. The smallest absolute Gasteiger partial charge is 0.256 e. The summed E-state index contributed by atoms with van der Waals surface area (Å²) >= 11 is 0. The number of anilines is 1. The van der Waals surface area contributed by atoms with Gasteiger partial charge in [-0.25, -0.2) is 18.9 Å². The number of likely N-dealkylation sites (N-methyl/N-ethyl adjacent to an activating group) is 1. The fourth-order valence-electron chi connectivity index (χ4n) is 2.82. The average Bonchev–Trinajstić information content (AvgIpc) is 3.07. The Hall–Kier alpha value is -3.23. The lowest BCUT2D eigenvalue weighted by Gasteiger charge is -2.19. The van der Waals surface area contributed by atoms with Gasteiger partial charge in [0.05, 0.1) is 18.9 Å². The molecular formula is C17H17FN6O2. The summed E-state index contributed by atoms with van der Waals surface area (Å²) < 4.78 is 20.8. The summed E-state index contributed by atoms with van der Waals surface area (Å²) in [7, 11) is 1.88. The monoisotopic (exact) mass is 356 g/mol. The van der Waals surface area contributed by atoms with Crippen LogP contribution in [0.3, 0.4) is 0 Å². The van der Waals surface area contributed by atoms with Crippen LogP contribution in [0.2, 0.25) is 0 Å². The molecule has 0 aromatic carbocycles. The van der Waals surface area contributed by atoms with Gasteiger partial charge in [-0.1, -0.05) is 0 Å². The lowest BCUT2D eigenvalue weighted by Crippen LogP contribution is -2.29. The van der Waals surface area contributed by atoms with Crippen molar-refractivity contribution in [1.29, 1.82) is 0 Å². The maximum absolute atomic E-state index is 13.6. The molecule has 3 aromatic heterocycles. The minimum Gasteiger partial charge on any atom is -0.476 e. The zero-order valence-corrected chi connectivity index (χ0v) is 14.1. The van der Waals surface area contributed by atoms with E-state index in [4.69, 9.17) is 4.74 Å². The molecule has 1 aliphatic rings. The van der Waals surface area contributed by atoms with Crippen molar-refractivity contribution in [1.82, 2.24) is 24.9 Å². The van der Waals surface area contributed by atoms with Crippen molar-refractivity contribution in [3.63, 3.8) is 0 Å². The topological polar surface area (TPSA) is 84.6 Å². The van der Waals surface area contributed by atoms with Crippen LogP contribution in [0.5, 0.6) is 5.88 Å². The molecule has 2 bridgehead atoms. The molecule has 0 saturated heterocycles. The normalized spacial score (nSPS) is 15.3. The molecule has 0 radical (unpaired) electrons. The van der Waals surface area contributed by atoms with Gasteiger partial charge in [0.15, 0.2) is 5.65 Å². The van der Waals surface area contributed by atoms with Crippen LogP contribution < -0.4 is 15.0 Å². The van der Waals surface area contributed by atoms with Crippen LogP contribution in [0.1, 0.15) is 15.9 Å². The lowest BCUT2D eigenvalue weighted by molar-refractivity contribution is 0.0948. The third-order valence-electron chi connectivity index (χ3n) is 4.23. The average molecular weight is 356 g/mol. The van der Waals surface area contributed by atoms with Gasteiger partial charge in [-0.3, -0.25) is 4.79 Å². The number of hydrogen-bond donors (Lipinski definition) is 1. The van der Waals surface area contributed by atoms with Gasteiger partial charge in [0.1, 0.15) is 23.8 Å². The van der Waals surface area contributed by atoms with Crippen LogP contribution in [-0.4, -0.2) is 52.2 Å². The van der Waals surface area contributed by atoms with Crippen LogP contribution in [0.25, 0.3) is 5.65 Å². The summed E-state index contributed by atoms with van der Waals surface area (Å²) in [4.78, 5) is 22.9. The van der Waals surface area contributed by atoms with E-state index in [2.05, 4.69) is 20.4 Å². The van der Waals surface area contributed by atoms with Crippen molar-refractivity contribution < 1.29 is 13.9 Å². The predicted molar refractivity (Wildman–Crippen MR) is 92.0 cm³/mol. The first-order chi connectivity index (χ1) is 12.6. The second-order valence-corrected chi connectivity index (χ2v) is 6.01. The number of halogens is 1. The van der Waals surface area contributed by atoms with Crippen LogP contribution in [0.15, 0.2) is 30.7 Å². The molecule has 1 amide bonds. The van der Waals surface area contributed by atoms with Crippen LogP contribution in [0, 0.1) is 5.82 Å². The third kappa shape index (κ3) is 3.03. The number of aromatic nitrogens is 4. The van der Waals surface area contributed by atoms with E-state index >= 15 is 0 Å². The summed E-state index contributed by atoms with van der Waals surface area (Å²) in [5.41, 5.74) is 1.56. The van der Waals surface area contributed by atoms with Crippen molar-refractivity contribution in [3.8, 4) is 5.88 Å². The van der Waals surface area contributed by atoms with E-state index in [1.54, 1.807) is 10.7 Å². The molecule has 0 unspecified atom stereocenters. The number of nitrogens with one attached hydrogen (secondary N) is 1. The molecule has 134 valence electrons. The molecular weight excluding hydrogens is 339 g/mol. The van der Waals surface area contributed by atoms with E-state index in [0.29, 0.717) is 41.4 Å². The lowest BCUT2D eigenvalue weighted by atomic mass is 10.2. The number of ether oxygens (including phenoxy) is 1. The Morgan fingerprint density at radius 2 is 2.23 bits per heavy atom. The minimum absolute atomic E-state index is 0.227. The molecule has 8 nitrogen and oxygen atoms in total. The summed E-state index contributed by atoms with van der Waals surface area (Å²) in [6.45, 7) is 1.10. The molecule has 0 saturated carbocycles. The first-order valence-corrected chi connectivity index (χ1v) is 8.23. The van der Waals surface area contributed by atoms with Gasteiger partial charge in [-0.05, 0) is 18.6 Å². The van der Waals surface area contributed by atoms with Gasteiger partial charge in [0.2, 0.25) is 5.88 Å². The Morgan fingerprint density at radius 1 is 1.35 bits per heavy atom. The highest BCUT2D eigenvalue weighted by atomic mass is 19.1. The van der Waals surface area contributed by atoms with E-state index < -0.39 is 5.82 Å². The summed E-state index contributed by atoms with van der Waals surface area (Å²) in [5.74, 6) is 0.379. The van der Waals surface area contributed by atoms with Gasteiger partial charge in [0, 0.05) is 25.4 Å². The zero-order chi connectivity index (χ0) is 18.1. The van der Waals surface area contributed by atoms with Crippen molar-refractivity contribution >= 4 is 17.4 Å². The fourth-order valence-corrected chi connectivity index (χ4v) is 2.82. The number of fused-ring (bicyclic) bond motifs is 2. The highest BCUT2D eigenvalue weighted by Crippen LogP contribution is 2.19. The highest BCUT2D eigenvalue weighted by molar-refractivity contribution is 5.99. The number of nitrogens with zero attached hydrogens (tertiary/aromatic N) is 5. The first-order valence-electron chi connectivity index (χ1n) is 8.23. The fraction of sp³-hybridized carbons (Fsp3) is 0.294. The van der Waals surface area contributed by atoms with Crippen LogP contribution >= 0.6 is 0 Å². The second kappa shape index (κ2) is 6.58. The second-order valence-electron chi connectivity index (χ2n) is 6.01. The van der Waals surface area contributed by atoms with Crippen molar-refractivity contribution in [2.24, 2.45) is 0 Å². The molecule has 0 spiro atoms. The molecule has 0 aliphatic carbocycles. The van der Waals surface area contributed by atoms with Gasteiger partial charge >= 0.3 is 0 Å². The number of hydrogen-bond acceptors (Lipinski definition) is 6. The number of pyridine rings is 1. The maximum atomic E-state index is 13.6. The number of carbonyl (C=O) groups is 1. The van der Waals surface area contributed by atoms with Crippen molar-refractivity contribution in [2.75, 3.05) is 31.6 Å². The number of carbonyl (C=O) groups excluding carboxylic acids is 1. The standard InChI is InChI=1S/C17H17FN6O2/c1-23-5-2-11-8-12(18)9-20-17(11)26-7-4-19-16(25)13-10-21-24-6-3-14(23)22-15(13)24/h3,6,8-10H,2,4-5,7H2,1H3,(H,19,25). The first kappa shape index (κ1) is 16.2. The molecule has 4 rings (SSSR count). The van der Waals surface area contributed by atoms with E-state index in [1.165, 1.54) is 12.3 Å². The molecule has 26 heavy (non-hydrogen) atoms. The largest absolute Gasteiger partial charge is 0.476 e. The quantitative estimate of drug-likeness (QED) is 0.649. The third-order valence-corrected chi connectivity index (χ3v) is 4.23. The molecule has 3 aromatic rings. The Bertz CT molecular complexity index is 973. The van der Waals surface area contributed by atoms with Crippen molar-refractivity contribution in [2.45, 2.75) is 6.42 Å². The highest BCUT2D eigenvalue weighted by Gasteiger charge is 2.17. The Morgan fingerprint density at radius 3 is 3.12 bits per heavy atom. The van der Waals surface area contributed by atoms with E-state index in [-0.39, 0.29) is 19.1 Å². The van der Waals surface area contributed by atoms with Crippen molar-refractivity contribution in [3.05, 3.63) is 47.7 Å². The van der Waals surface area contributed by atoms with Gasteiger partial charge < -0.3 is 15.0 Å². The molecule has 9 heteroatoms. The Kier molecular flexibility index (Phi) is 4.11. The molecule has 1 N–H and O–H groups in total. The SMILES string of the molecule is CN1CCc2cc(F)cnc2OCCNC(=O)c2cnn3ccc1nc23. The summed E-state index contributed by atoms with van der Waals surface area (Å²) in [6, 6.07) is 3.24. The van der Waals surface area contributed by atoms with Crippen LogP contribution in [-0.2, 0) is 6.42 Å². The summed E-state index contributed by atoms with van der Waals surface area (Å²) in [5, 5.41) is 6.93. The zero-order valence-electron chi connectivity index (χ0n) is 14.1. The van der Waals surface area contributed by atoms with Gasteiger partial charge in [-0.2, -0.15) is 5.10 Å². The van der Waals surface area contributed by atoms with Gasteiger partial charge in [0.25, 0.3) is 5.91 Å². The van der Waals surface area contributed by atoms with Gasteiger partial charge in [-0.15, -0.1) is 0 Å². The number of amides is 1. The minimum atomic E-state index is -0.409.